The predicted molar refractivity (Wildman–Crippen MR) is 78.7 cm³/mol. The molecular formula is C13H18ClN3OS. The number of halogens is 1. The lowest BCUT2D eigenvalue weighted by Gasteiger charge is -2.34. The molecule has 2 aromatic heterocycles. The molecule has 0 amide bonds. The van der Waals surface area contributed by atoms with E-state index in [-0.39, 0.29) is 17.9 Å². The van der Waals surface area contributed by atoms with Crippen molar-refractivity contribution in [2.45, 2.75) is 45.1 Å². The van der Waals surface area contributed by atoms with Gasteiger partial charge in [0.1, 0.15) is 0 Å². The van der Waals surface area contributed by atoms with E-state index >= 15 is 0 Å². The van der Waals surface area contributed by atoms with Crippen molar-refractivity contribution in [3.63, 3.8) is 0 Å². The largest absolute Gasteiger partial charge is 0.333 e. The third-order valence-corrected chi connectivity index (χ3v) is 5.04. The Balaban J connectivity index is 0.00000133. The lowest BCUT2D eigenvalue weighted by Crippen LogP contribution is -2.44. The second-order valence-electron chi connectivity index (χ2n) is 5.00. The van der Waals surface area contributed by atoms with Crippen molar-refractivity contribution in [2.75, 3.05) is 0 Å². The lowest BCUT2D eigenvalue weighted by molar-refractivity contribution is 0.229. The highest BCUT2D eigenvalue weighted by Crippen LogP contribution is 2.38. The Morgan fingerprint density at radius 1 is 1.47 bits per heavy atom. The Hall–Kier alpha value is -0.910. The van der Waals surface area contributed by atoms with Crippen LogP contribution in [0, 0.1) is 6.92 Å². The fourth-order valence-corrected chi connectivity index (χ4v) is 3.32. The number of aromatic nitrogens is 2. The van der Waals surface area contributed by atoms with Crippen LogP contribution in [0.25, 0.3) is 10.8 Å². The van der Waals surface area contributed by atoms with Crippen LogP contribution >= 0.6 is 23.7 Å². The fraction of sp³-hybridized carbons (Fsp3) is 0.538. The van der Waals surface area contributed by atoms with Gasteiger partial charge >= 0.3 is 0 Å². The first-order valence-corrected chi connectivity index (χ1v) is 7.17. The minimum atomic E-state index is -0.346. The molecule has 0 radical (unpaired) electrons. The van der Waals surface area contributed by atoms with Crippen LogP contribution in [0.3, 0.4) is 0 Å². The average Bonchev–Trinajstić information content (AvgIpc) is 2.92. The SMILES string of the molecule is CCc1sc(-c2nc(C3(N)CCC3)no2)cc1C.Cl. The number of hydrogen-bond donors (Lipinski definition) is 1. The van der Waals surface area contributed by atoms with E-state index in [1.807, 2.05) is 0 Å². The third-order valence-electron chi connectivity index (χ3n) is 3.67. The fourth-order valence-electron chi connectivity index (χ4n) is 2.28. The van der Waals surface area contributed by atoms with Crippen LogP contribution in [0.2, 0.25) is 0 Å². The first-order valence-electron chi connectivity index (χ1n) is 6.35. The number of rotatable bonds is 3. The summed E-state index contributed by atoms with van der Waals surface area (Å²) >= 11 is 1.73. The van der Waals surface area contributed by atoms with Crippen LogP contribution in [0.5, 0.6) is 0 Å². The summed E-state index contributed by atoms with van der Waals surface area (Å²) in [6, 6.07) is 2.12. The van der Waals surface area contributed by atoms with Gasteiger partial charge in [-0.3, -0.25) is 0 Å². The molecule has 2 heterocycles. The number of nitrogens with two attached hydrogens (primary N) is 1. The highest BCUT2D eigenvalue weighted by molar-refractivity contribution is 7.15. The van der Waals surface area contributed by atoms with Gasteiger partial charge in [-0.15, -0.1) is 23.7 Å². The molecule has 0 aromatic carbocycles. The van der Waals surface area contributed by atoms with Gasteiger partial charge in [0.05, 0.1) is 10.4 Å². The Bertz CT molecular complexity index is 574. The zero-order chi connectivity index (χ0) is 12.8. The maximum absolute atomic E-state index is 6.20. The van der Waals surface area contributed by atoms with Gasteiger partial charge in [-0.05, 0) is 44.2 Å². The Labute approximate surface area is 122 Å². The smallest absolute Gasteiger partial charge is 0.268 e. The maximum Gasteiger partial charge on any atom is 0.268 e. The van der Waals surface area contributed by atoms with Gasteiger partial charge in [0.2, 0.25) is 0 Å². The normalized spacial score (nSPS) is 16.8. The van der Waals surface area contributed by atoms with Crippen molar-refractivity contribution >= 4 is 23.7 Å². The summed E-state index contributed by atoms with van der Waals surface area (Å²) in [5.74, 6) is 1.27. The number of aryl methyl sites for hydroxylation is 2. The molecule has 6 heteroatoms. The molecule has 104 valence electrons. The minimum absolute atomic E-state index is 0. The van der Waals surface area contributed by atoms with Gasteiger partial charge in [-0.25, -0.2) is 0 Å². The highest BCUT2D eigenvalue weighted by Gasteiger charge is 2.39. The van der Waals surface area contributed by atoms with E-state index in [9.17, 15) is 0 Å². The quantitative estimate of drug-likeness (QED) is 0.943. The molecule has 1 aliphatic carbocycles. The van der Waals surface area contributed by atoms with E-state index < -0.39 is 0 Å². The van der Waals surface area contributed by atoms with Gasteiger partial charge in [0.15, 0.2) is 5.82 Å². The van der Waals surface area contributed by atoms with Gasteiger partial charge < -0.3 is 10.3 Å². The van der Waals surface area contributed by atoms with E-state index in [4.69, 9.17) is 10.3 Å². The Morgan fingerprint density at radius 3 is 2.74 bits per heavy atom. The standard InChI is InChI=1S/C13H17N3OS.ClH/c1-3-9-8(2)7-10(18-9)11-15-12(16-17-11)13(14)5-4-6-13;/h7H,3-6,14H2,1-2H3;1H. The first kappa shape index (κ1) is 14.5. The van der Waals surface area contributed by atoms with Gasteiger partial charge in [-0.1, -0.05) is 12.1 Å². The molecule has 2 N–H and O–H groups in total. The summed E-state index contributed by atoms with van der Waals surface area (Å²) in [7, 11) is 0. The molecule has 0 spiro atoms. The monoisotopic (exact) mass is 299 g/mol. The van der Waals surface area contributed by atoms with Gasteiger partial charge in [0.25, 0.3) is 5.89 Å². The predicted octanol–water partition coefficient (Wildman–Crippen LogP) is 3.43. The molecule has 2 aromatic rings. The first-order chi connectivity index (χ1) is 8.62. The van der Waals surface area contributed by atoms with Crippen molar-refractivity contribution < 1.29 is 4.52 Å². The summed E-state index contributed by atoms with van der Waals surface area (Å²) in [6.07, 6.45) is 4.10. The van der Waals surface area contributed by atoms with E-state index in [1.54, 1.807) is 11.3 Å². The molecule has 1 aliphatic rings. The van der Waals surface area contributed by atoms with Crippen LogP contribution < -0.4 is 5.73 Å². The summed E-state index contributed by atoms with van der Waals surface area (Å²) in [6.45, 7) is 4.28. The molecule has 1 fully saturated rings. The van der Waals surface area contributed by atoms with E-state index in [0.29, 0.717) is 11.7 Å². The molecule has 0 aliphatic heterocycles. The van der Waals surface area contributed by atoms with E-state index in [2.05, 4.69) is 30.1 Å². The highest BCUT2D eigenvalue weighted by atomic mass is 35.5. The van der Waals surface area contributed by atoms with E-state index in [0.717, 1.165) is 30.6 Å². The molecule has 0 bridgehead atoms. The van der Waals surface area contributed by atoms with Crippen LogP contribution in [-0.2, 0) is 12.0 Å². The second-order valence-corrected chi connectivity index (χ2v) is 6.14. The van der Waals surface area contributed by atoms with Crippen LogP contribution in [0.1, 0.15) is 42.5 Å². The van der Waals surface area contributed by atoms with Crippen molar-refractivity contribution in [3.05, 3.63) is 22.3 Å². The molecule has 19 heavy (non-hydrogen) atoms. The van der Waals surface area contributed by atoms with Crippen molar-refractivity contribution in [1.82, 2.24) is 10.1 Å². The maximum atomic E-state index is 6.20. The average molecular weight is 300 g/mol. The zero-order valence-electron chi connectivity index (χ0n) is 11.1. The number of hydrogen-bond acceptors (Lipinski definition) is 5. The Morgan fingerprint density at radius 2 is 2.21 bits per heavy atom. The van der Waals surface area contributed by atoms with Crippen molar-refractivity contribution in [1.29, 1.82) is 0 Å². The molecular weight excluding hydrogens is 282 g/mol. The molecule has 3 rings (SSSR count). The molecule has 0 unspecified atom stereocenters. The third kappa shape index (κ3) is 2.42. The Kier molecular flexibility index (Phi) is 3.99. The molecule has 4 nitrogen and oxygen atoms in total. The minimum Gasteiger partial charge on any atom is -0.333 e. The number of nitrogens with zero attached hydrogens (tertiary/aromatic N) is 2. The van der Waals surface area contributed by atoms with Gasteiger partial charge in [0, 0.05) is 4.88 Å². The summed E-state index contributed by atoms with van der Waals surface area (Å²) in [5, 5.41) is 4.05. The summed E-state index contributed by atoms with van der Waals surface area (Å²) < 4.78 is 5.35. The van der Waals surface area contributed by atoms with Crippen LogP contribution in [0.15, 0.2) is 10.6 Å². The second kappa shape index (κ2) is 5.23. The summed E-state index contributed by atoms with van der Waals surface area (Å²) in [5.41, 5.74) is 7.14. The zero-order valence-corrected chi connectivity index (χ0v) is 12.7. The molecule has 0 saturated heterocycles. The van der Waals surface area contributed by atoms with Crippen LogP contribution in [-0.4, -0.2) is 10.1 Å². The summed E-state index contributed by atoms with van der Waals surface area (Å²) in [4.78, 5) is 6.89. The van der Waals surface area contributed by atoms with Crippen molar-refractivity contribution in [3.8, 4) is 10.8 Å². The van der Waals surface area contributed by atoms with E-state index in [1.165, 1.54) is 10.4 Å². The lowest BCUT2D eigenvalue weighted by atomic mass is 9.77. The van der Waals surface area contributed by atoms with Gasteiger partial charge in [-0.2, -0.15) is 4.98 Å². The number of thiophene rings is 1. The molecule has 0 atom stereocenters. The topological polar surface area (TPSA) is 64.9 Å². The van der Waals surface area contributed by atoms with Crippen LogP contribution in [0.4, 0.5) is 0 Å². The van der Waals surface area contributed by atoms with Crippen molar-refractivity contribution in [2.24, 2.45) is 5.73 Å². The molecule has 1 saturated carbocycles.